The van der Waals surface area contributed by atoms with Crippen molar-refractivity contribution in [1.29, 1.82) is 0 Å². The molecule has 2 rings (SSSR count). The minimum Gasteiger partial charge on any atom is -0.461 e. The van der Waals surface area contributed by atoms with Crippen molar-refractivity contribution in [3.63, 3.8) is 0 Å². The highest BCUT2D eigenvalue weighted by atomic mass is 16.5. The predicted molar refractivity (Wildman–Crippen MR) is 54.9 cm³/mol. The third-order valence-electron chi connectivity index (χ3n) is 2.19. The van der Waals surface area contributed by atoms with Crippen LogP contribution in [0.4, 0.5) is 0 Å². The molecule has 0 saturated carbocycles. The molecule has 0 amide bonds. The summed E-state index contributed by atoms with van der Waals surface area (Å²) in [7, 11) is 0. The molecule has 1 atom stereocenters. The van der Waals surface area contributed by atoms with Crippen molar-refractivity contribution in [2.24, 2.45) is 5.73 Å². The lowest BCUT2D eigenvalue weighted by Crippen LogP contribution is -2.37. The van der Waals surface area contributed by atoms with E-state index >= 15 is 0 Å². The Bertz CT molecular complexity index is 371. The Hall–Kier alpha value is -1.75. The smallest absolute Gasteiger partial charge is 0.356 e. The zero-order valence-electron chi connectivity index (χ0n) is 8.43. The van der Waals surface area contributed by atoms with Crippen LogP contribution in [0.3, 0.4) is 0 Å². The molecule has 0 bridgehead atoms. The molecule has 2 aliphatic heterocycles. The summed E-state index contributed by atoms with van der Waals surface area (Å²) < 4.78 is 4.88. The minimum atomic E-state index is -0.361. The van der Waals surface area contributed by atoms with Gasteiger partial charge in [0.1, 0.15) is 17.7 Å². The highest BCUT2D eigenvalue weighted by Gasteiger charge is 2.26. The SMILES string of the molecule is CCOC(=O)C1=CN2C(=CC=C[C@H]2N)N1. The number of nitrogens with zero attached hydrogens (tertiary/aromatic N) is 1. The maximum Gasteiger partial charge on any atom is 0.356 e. The summed E-state index contributed by atoms with van der Waals surface area (Å²) in [6, 6.07) is 0. The van der Waals surface area contributed by atoms with Gasteiger partial charge < -0.3 is 20.7 Å². The number of allylic oxidation sites excluding steroid dienone is 2. The number of nitrogens with one attached hydrogen (secondary N) is 1. The van der Waals surface area contributed by atoms with E-state index in [1.165, 1.54) is 0 Å². The fourth-order valence-corrected chi connectivity index (χ4v) is 1.48. The number of hydrogen-bond acceptors (Lipinski definition) is 5. The third kappa shape index (κ3) is 1.73. The summed E-state index contributed by atoms with van der Waals surface area (Å²) in [6.07, 6.45) is 6.98. The van der Waals surface area contributed by atoms with E-state index in [0.29, 0.717) is 12.3 Å². The fraction of sp³-hybridized carbons (Fsp3) is 0.300. The van der Waals surface area contributed by atoms with Gasteiger partial charge in [0.15, 0.2) is 0 Å². The Labute approximate surface area is 87.9 Å². The van der Waals surface area contributed by atoms with Gasteiger partial charge in [-0.15, -0.1) is 0 Å². The number of rotatable bonds is 2. The predicted octanol–water partition coefficient (Wildman–Crippen LogP) is -0.00790. The quantitative estimate of drug-likeness (QED) is 0.623. The molecule has 15 heavy (non-hydrogen) atoms. The molecule has 3 N–H and O–H groups in total. The third-order valence-corrected chi connectivity index (χ3v) is 2.19. The second-order valence-electron chi connectivity index (χ2n) is 3.22. The zero-order chi connectivity index (χ0) is 10.8. The molecule has 0 aliphatic carbocycles. The lowest BCUT2D eigenvalue weighted by atomic mass is 10.3. The van der Waals surface area contributed by atoms with Crippen LogP contribution in [0.1, 0.15) is 6.92 Å². The summed E-state index contributed by atoms with van der Waals surface area (Å²) in [5.41, 5.74) is 6.24. The van der Waals surface area contributed by atoms with Crippen molar-refractivity contribution in [3.8, 4) is 0 Å². The van der Waals surface area contributed by atoms with Gasteiger partial charge in [0.2, 0.25) is 0 Å². The summed E-state index contributed by atoms with van der Waals surface area (Å²) in [5, 5.41) is 2.95. The number of esters is 1. The lowest BCUT2D eigenvalue weighted by molar-refractivity contribution is -0.138. The molecule has 80 valence electrons. The first-order chi connectivity index (χ1) is 7.22. The molecule has 0 spiro atoms. The van der Waals surface area contributed by atoms with Crippen LogP contribution in [-0.2, 0) is 9.53 Å². The van der Waals surface area contributed by atoms with Gasteiger partial charge in [-0.2, -0.15) is 0 Å². The number of carbonyl (C=O) groups excluding carboxylic acids is 1. The lowest BCUT2D eigenvalue weighted by Gasteiger charge is -2.24. The van der Waals surface area contributed by atoms with Gasteiger partial charge in [-0.1, -0.05) is 6.08 Å². The van der Waals surface area contributed by atoms with Crippen molar-refractivity contribution in [2.75, 3.05) is 6.61 Å². The number of carbonyl (C=O) groups is 1. The van der Waals surface area contributed by atoms with Crippen molar-refractivity contribution in [1.82, 2.24) is 10.2 Å². The molecule has 0 aromatic heterocycles. The van der Waals surface area contributed by atoms with Crippen LogP contribution < -0.4 is 11.1 Å². The summed E-state index contributed by atoms with van der Waals surface area (Å²) in [4.78, 5) is 13.2. The molecule has 0 saturated heterocycles. The van der Waals surface area contributed by atoms with Gasteiger partial charge in [-0.25, -0.2) is 4.79 Å². The van der Waals surface area contributed by atoms with E-state index in [9.17, 15) is 4.79 Å². The van der Waals surface area contributed by atoms with E-state index in [1.807, 2.05) is 18.2 Å². The average molecular weight is 207 g/mol. The van der Waals surface area contributed by atoms with Crippen LogP contribution >= 0.6 is 0 Å². The average Bonchev–Trinajstić information content (AvgIpc) is 2.63. The van der Waals surface area contributed by atoms with Crippen LogP contribution in [-0.4, -0.2) is 23.6 Å². The second kappa shape index (κ2) is 3.78. The largest absolute Gasteiger partial charge is 0.461 e. The highest BCUT2D eigenvalue weighted by Crippen LogP contribution is 2.20. The Balaban J connectivity index is 2.14. The van der Waals surface area contributed by atoms with E-state index in [1.54, 1.807) is 18.0 Å². The van der Waals surface area contributed by atoms with Gasteiger partial charge in [-0.05, 0) is 19.1 Å². The molecule has 2 aliphatic rings. The van der Waals surface area contributed by atoms with Gasteiger partial charge in [-0.3, -0.25) is 0 Å². The van der Waals surface area contributed by atoms with Crippen molar-refractivity contribution >= 4 is 5.97 Å². The Morgan fingerprint density at radius 3 is 3.20 bits per heavy atom. The number of ether oxygens (including phenoxy) is 1. The van der Waals surface area contributed by atoms with E-state index in [-0.39, 0.29) is 12.1 Å². The van der Waals surface area contributed by atoms with Crippen LogP contribution in [0.2, 0.25) is 0 Å². The topological polar surface area (TPSA) is 67.6 Å². The molecular formula is C10H13N3O2. The van der Waals surface area contributed by atoms with Crippen LogP contribution in [0.15, 0.2) is 35.9 Å². The van der Waals surface area contributed by atoms with Gasteiger partial charge in [0.05, 0.1) is 6.61 Å². The van der Waals surface area contributed by atoms with Crippen LogP contribution in [0.5, 0.6) is 0 Å². The molecule has 0 aromatic rings. The minimum absolute atomic E-state index is 0.232. The van der Waals surface area contributed by atoms with Crippen LogP contribution in [0, 0.1) is 0 Å². The molecular weight excluding hydrogens is 194 g/mol. The molecule has 5 nitrogen and oxygen atoms in total. The first-order valence-corrected chi connectivity index (χ1v) is 4.80. The fourth-order valence-electron chi connectivity index (χ4n) is 1.48. The molecule has 2 heterocycles. The molecule has 0 radical (unpaired) electrons. The molecule has 5 heteroatoms. The summed E-state index contributed by atoms with van der Waals surface area (Å²) in [6.45, 7) is 2.13. The zero-order valence-corrected chi connectivity index (χ0v) is 8.43. The number of fused-ring (bicyclic) bond motifs is 1. The van der Waals surface area contributed by atoms with Crippen molar-refractivity contribution in [2.45, 2.75) is 13.1 Å². The van der Waals surface area contributed by atoms with Gasteiger partial charge >= 0.3 is 5.97 Å². The number of nitrogens with two attached hydrogens (primary N) is 1. The molecule has 0 unspecified atom stereocenters. The van der Waals surface area contributed by atoms with E-state index in [4.69, 9.17) is 10.5 Å². The summed E-state index contributed by atoms with van der Waals surface area (Å²) in [5.74, 6) is 0.438. The maximum atomic E-state index is 11.4. The van der Waals surface area contributed by atoms with Gasteiger partial charge in [0.25, 0.3) is 0 Å². The standard InChI is InChI=1S/C10H13N3O2/c1-2-15-10(14)7-6-13-8(11)4-3-5-9(13)12-7/h3-6,8,12H,2,11H2,1H3/t8-/m0/s1. The van der Waals surface area contributed by atoms with E-state index < -0.39 is 0 Å². The first-order valence-electron chi connectivity index (χ1n) is 4.80. The van der Waals surface area contributed by atoms with E-state index in [0.717, 1.165) is 5.82 Å². The van der Waals surface area contributed by atoms with E-state index in [2.05, 4.69) is 5.32 Å². The normalized spacial score (nSPS) is 22.8. The monoisotopic (exact) mass is 207 g/mol. The Morgan fingerprint density at radius 2 is 2.53 bits per heavy atom. The van der Waals surface area contributed by atoms with Crippen LogP contribution in [0.25, 0.3) is 0 Å². The van der Waals surface area contributed by atoms with Crippen molar-refractivity contribution in [3.05, 3.63) is 35.9 Å². The van der Waals surface area contributed by atoms with Crippen molar-refractivity contribution < 1.29 is 9.53 Å². The first kappa shape index (κ1) is 9.79. The summed E-state index contributed by atoms with van der Waals surface area (Å²) >= 11 is 0. The van der Waals surface area contributed by atoms with Gasteiger partial charge in [0, 0.05) is 6.20 Å². The molecule has 0 aromatic carbocycles. The number of hydrogen-bond donors (Lipinski definition) is 2. The Kier molecular flexibility index (Phi) is 2.47. The highest BCUT2D eigenvalue weighted by molar-refractivity contribution is 5.88. The second-order valence-corrected chi connectivity index (χ2v) is 3.22. The maximum absolute atomic E-state index is 11.4. The Morgan fingerprint density at radius 1 is 1.73 bits per heavy atom. The molecule has 0 fully saturated rings.